The van der Waals surface area contributed by atoms with Gasteiger partial charge in [-0.3, -0.25) is 19.4 Å². The van der Waals surface area contributed by atoms with Crippen molar-refractivity contribution in [2.45, 2.75) is 26.3 Å². The van der Waals surface area contributed by atoms with Gasteiger partial charge in [-0.25, -0.2) is 4.39 Å². The molecule has 32 heavy (non-hydrogen) atoms. The molecule has 8 heteroatoms. The van der Waals surface area contributed by atoms with Gasteiger partial charge in [-0.05, 0) is 35.7 Å². The Kier molecular flexibility index (Phi) is 6.95. The lowest BCUT2D eigenvalue weighted by Crippen LogP contribution is -2.31. The topological polar surface area (TPSA) is 114 Å². The fourth-order valence-corrected chi connectivity index (χ4v) is 3.72. The highest BCUT2D eigenvalue weighted by atomic mass is 19.1. The fraction of sp³-hybridized carbons (Fsp3) is 0.250. The summed E-state index contributed by atoms with van der Waals surface area (Å²) in [6.45, 7) is 1.33. The maximum absolute atomic E-state index is 13.2. The van der Waals surface area contributed by atoms with E-state index < -0.39 is 11.6 Å². The molecule has 0 aliphatic rings. The molecule has 0 aliphatic heterocycles. The maximum atomic E-state index is 13.2. The first-order chi connectivity index (χ1) is 15.3. The predicted molar refractivity (Wildman–Crippen MR) is 119 cm³/mol. The largest absolute Gasteiger partial charge is 0.505 e. The normalized spacial score (nSPS) is 10.9. The molecule has 0 saturated heterocycles. The Labute approximate surface area is 184 Å². The standard InChI is InChI=1S/C24H24FN3O4/c1-3-20(30)21(31)12-28(2)23-17-9-15(8-14-4-6-16(25)7-5-14)11-27-22(17)24(32)19(13-29)18(23)10-26/h4-7,9,11,13,32H,3,8,10,12,26H2,1-2H3. The quantitative estimate of drug-likeness (QED) is 0.391. The van der Waals surface area contributed by atoms with Crippen LogP contribution in [-0.4, -0.2) is 41.5 Å². The first kappa shape index (κ1) is 23.0. The molecule has 0 radical (unpaired) electrons. The molecule has 0 saturated carbocycles. The average molecular weight is 437 g/mol. The molecular formula is C24H24FN3O4. The van der Waals surface area contributed by atoms with Gasteiger partial charge < -0.3 is 15.7 Å². The van der Waals surface area contributed by atoms with Crippen molar-refractivity contribution in [3.63, 3.8) is 0 Å². The van der Waals surface area contributed by atoms with Crippen molar-refractivity contribution in [2.24, 2.45) is 5.73 Å². The summed E-state index contributed by atoms with van der Waals surface area (Å²) in [5.74, 6) is -1.70. The molecule has 0 fully saturated rings. The van der Waals surface area contributed by atoms with Gasteiger partial charge in [0.15, 0.2) is 17.8 Å². The molecule has 0 atom stereocenters. The molecule has 3 rings (SSSR count). The Balaban J connectivity index is 2.17. The van der Waals surface area contributed by atoms with E-state index in [0.29, 0.717) is 29.3 Å². The zero-order chi connectivity index (χ0) is 23.4. The van der Waals surface area contributed by atoms with Crippen molar-refractivity contribution >= 4 is 34.4 Å². The van der Waals surface area contributed by atoms with Gasteiger partial charge >= 0.3 is 0 Å². The van der Waals surface area contributed by atoms with E-state index in [1.165, 1.54) is 12.1 Å². The van der Waals surface area contributed by atoms with Crippen molar-refractivity contribution in [2.75, 3.05) is 18.5 Å². The predicted octanol–water partition coefficient (Wildman–Crippen LogP) is 2.93. The summed E-state index contributed by atoms with van der Waals surface area (Å²) in [7, 11) is 1.62. The number of hydrogen-bond acceptors (Lipinski definition) is 7. The third-order valence-corrected chi connectivity index (χ3v) is 5.33. The summed E-state index contributed by atoms with van der Waals surface area (Å²) in [5, 5.41) is 11.1. The van der Waals surface area contributed by atoms with Gasteiger partial charge in [-0.2, -0.15) is 0 Å². The second-order valence-electron chi connectivity index (χ2n) is 7.51. The minimum Gasteiger partial charge on any atom is -0.505 e. The summed E-state index contributed by atoms with van der Waals surface area (Å²) in [4.78, 5) is 41.7. The third kappa shape index (κ3) is 4.50. The lowest BCUT2D eigenvalue weighted by molar-refractivity contribution is -0.135. The van der Waals surface area contributed by atoms with E-state index in [1.54, 1.807) is 43.3 Å². The summed E-state index contributed by atoms with van der Waals surface area (Å²) >= 11 is 0. The number of aromatic hydroxyl groups is 1. The first-order valence-corrected chi connectivity index (χ1v) is 10.1. The fourth-order valence-electron chi connectivity index (χ4n) is 3.72. The number of carbonyl (C=O) groups excluding carboxylic acids is 3. The molecule has 166 valence electrons. The number of pyridine rings is 1. The summed E-state index contributed by atoms with van der Waals surface area (Å²) < 4.78 is 13.2. The van der Waals surface area contributed by atoms with E-state index in [4.69, 9.17) is 5.73 Å². The number of carbonyl (C=O) groups is 3. The number of fused-ring (bicyclic) bond motifs is 1. The SMILES string of the molecule is CCC(=O)C(=O)CN(C)c1c(CN)c(C=O)c(O)c2ncc(Cc3ccc(F)cc3)cc12. The highest BCUT2D eigenvalue weighted by Gasteiger charge is 2.24. The molecule has 0 bridgehead atoms. The van der Waals surface area contributed by atoms with Crippen LogP contribution in [0.4, 0.5) is 10.1 Å². The van der Waals surface area contributed by atoms with Gasteiger partial charge in [-0.1, -0.05) is 19.1 Å². The van der Waals surface area contributed by atoms with Gasteiger partial charge in [-0.15, -0.1) is 0 Å². The van der Waals surface area contributed by atoms with Crippen LogP contribution in [0.15, 0.2) is 36.5 Å². The Bertz CT molecular complexity index is 1190. The number of Topliss-reactive ketones (excluding diaryl/α,β-unsaturated/α-hetero) is 2. The van der Waals surface area contributed by atoms with Crippen LogP contribution in [0.25, 0.3) is 10.9 Å². The van der Waals surface area contributed by atoms with Crippen molar-refractivity contribution < 1.29 is 23.9 Å². The zero-order valence-electron chi connectivity index (χ0n) is 17.9. The van der Waals surface area contributed by atoms with Crippen molar-refractivity contribution in [3.05, 3.63) is 64.6 Å². The minimum absolute atomic E-state index is 0.00472. The van der Waals surface area contributed by atoms with Crippen LogP contribution < -0.4 is 10.6 Å². The molecule has 7 nitrogen and oxygen atoms in total. The highest BCUT2D eigenvalue weighted by molar-refractivity contribution is 6.38. The van der Waals surface area contributed by atoms with Crippen LogP contribution in [0.5, 0.6) is 5.75 Å². The molecule has 1 aromatic heterocycles. The Morgan fingerprint density at radius 3 is 2.47 bits per heavy atom. The number of nitrogens with two attached hydrogens (primary N) is 1. The Morgan fingerprint density at radius 1 is 1.19 bits per heavy atom. The molecule has 0 aliphatic carbocycles. The number of aldehydes is 1. The van der Waals surface area contributed by atoms with E-state index >= 15 is 0 Å². The lowest BCUT2D eigenvalue weighted by atomic mass is 9.96. The van der Waals surface area contributed by atoms with Crippen LogP contribution in [0.1, 0.15) is 40.4 Å². The lowest BCUT2D eigenvalue weighted by Gasteiger charge is -2.25. The highest BCUT2D eigenvalue weighted by Crippen LogP contribution is 2.39. The van der Waals surface area contributed by atoms with Gasteiger partial charge in [0.25, 0.3) is 0 Å². The minimum atomic E-state index is -0.567. The van der Waals surface area contributed by atoms with E-state index in [0.717, 1.165) is 11.1 Å². The second-order valence-corrected chi connectivity index (χ2v) is 7.51. The van der Waals surface area contributed by atoms with Crippen molar-refractivity contribution in [1.29, 1.82) is 0 Å². The Hall–Kier alpha value is -3.65. The summed E-state index contributed by atoms with van der Waals surface area (Å²) in [5.41, 5.74) is 8.53. The Morgan fingerprint density at radius 2 is 1.88 bits per heavy atom. The van der Waals surface area contributed by atoms with E-state index in [-0.39, 0.29) is 42.2 Å². The van der Waals surface area contributed by atoms with E-state index in [2.05, 4.69) is 4.98 Å². The number of ketones is 2. The number of anilines is 1. The van der Waals surface area contributed by atoms with Crippen LogP contribution in [0, 0.1) is 5.82 Å². The molecule has 1 heterocycles. The number of hydrogen-bond donors (Lipinski definition) is 2. The number of likely N-dealkylation sites (N-methyl/N-ethyl adjacent to an activating group) is 1. The van der Waals surface area contributed by atoms with Crippen molar-refractivity contribution in [1.82, 2.24) is 4.98 Å². The van der Waals surface area contributed by atoms with Gasteiger partial charge in [0.2, 0.25) is 5.78 Å². The van der Waals surface area contributed by atoms with Gasteiger partial charge in [0, 0.05) is 37.2 Å². The van der Waals surface area contributed by atoms with Crippen LogP contribution >= 0.6 is 0 Å². The van der Waals surface area contributed by atoms with Crippen molar-refractivity contribution in [3.8, 4) is 5.75 Å². The molecule has 2 aromatic carbocycles. The van der Waals surface area contributed by atoms with Crippen LogP contribution in [0.2, 0.25) is 0 Å². The third-order valence-electron chi connectivity index (χ3n) is 5.33. The number of phenols is 1. The zero-order valence-corrected chi connectivity index (χ0v) is 17.9. The van der Waals surface area contributed by atoms with Gasteiger partial charge in [0.05, 0.1) is 17.8 Å². The summed E-state index contributed by atoms with van der Waals surface area (Å²) in [6, 6.07) is 7.86. The average Bonchev–Trinajstić information content (AvgIpc) is 2.79. The molecule has 3 aromatic rings. The van der Waals surface area contributed by atoms with Crippen LogP contribution in [0.3, 0.4) is 0 Å². The number of rotatable bonds is 9. The second kappa shape index (κ2) is 9.65. The molecule has 0 spiro atoms. The smallest absolute Gasteiger partial charge is 0.217 e. The molecule has 0 amide bonds. The molecule has 0 unspecified atom stereocenters. The molecule has 3 N–H and O–H groups in total. The number of aromatic nitrogens is 1. The number of nitrogens with zero attached hydrogens (tertiary/aromatic N) is 2. The van der Waals surface area contributed by atoms with E-state index in [9.17, 15) is 23.9 Å². The maximum Gasteiger partial charge on any atom is 0.217 e. The molecular weight excluding hydrogens is 413 g/mol. The number of benzene rings is 2. The number of phenolic OH excluding ortho intramolecular Hbond substituents is 1. The van der Waals surface area contributed by atoms with E-state index in [1.807, 2.05) is 0 Å². The van der Waals surface area contributed by atoms with Gasteiger partial charge in [0.1, 0.15) is 11.3 Å². The summed E-state index contributed by atoms with van der Waals surface area (Å²) in [6.07, 6.45) is 2.61. The first-order valence-electron chi connectivity index (χ1n) is 10.1. The number of halogens is 1. The monoisotopic (exact) mass is 437 g/mol. The van der Waals surface area contributed by atoms with Crippen LogP contribution in [-0.2, 0) is 22.6 Å².